The maximum absolute atomic E-state index is 10.7. The molecule has 106 valence electrons. The predicted molar refractivity (Wildman–Crippen MR) is 84.7 cm³/mol. The molecule has 21 heavy (non-hydrogen) atoms. The van der Waals surface area contributed by atoms with E-state index in [1.165, 1.54) is 6.07 Å². The zero-order valence-electron chi connectivity index (χ0n) is 10.7. The number of aromatic nitrogens is 1. The van der Waals surface area contributed by atoms with Gasteiger partial charge in [0.05, 0.1) is 4.92 Å². The number of pyridine rings is 1. The maximum Gasteiger partial charge on any atom is 0.324 e. The molecule has 0 N–H and O–H groups in total. The molecule has 3 rings (SSSR count). The first-order chi connectivity index (χ1) is 10.1. The smallest absolute Gasteiger partial charge is 0.324 e. The molecule has 0 radical (unpaired) electrons. The van der Waals surface area contributed by atoms with Gasteiger partial charge in [0.2, 0.25) is 5.88 Å². The number of nitrogens with zero attached hydrogens (tertiary/aromatic N) is 2. The molecule has 0 aliphatic carbocycles. The lowest BCUT2D eigenvalue weighted by atomic mass is 10.2. The summed E-state index contributed by atoms with van der Waals surface area (Å²) in [6.45, 7) is 0.261. The number of rotatable bonds is 4. The third-order valence-electron chi connectivity index (χ3n) is 2.89. The lowest BCUT2D eigenvalue weighted by molar-refractivity contribution is -0.380. The second-order valence-electron chi connectivity index (χ2n) is 4.24. The van der Waals surface area contributed by atoms with Gasteiger partial charge in [-0.25, -0.2) is 4.98 Å². The van der Waals surface area contributed by atoms with Crippen LogP contribution >= 0.6 is 27.3 Å². The molecule has 0 spiro atoms. The number of ether oxygens (including phenoxy) is 1. The summed E-state index contributed by atoms with van der Waals surface area (Å²) in [6, 6.07) is 10.9. The first-order valence-electron chi connectivity index (χ1n) is 6.04. The Morgan fingerprint density at radius 2 is 2.10 bits per heavy atom. The van der Waals surface area contributed by atoms with E-state index in [1.54, 1.807) is 12.3 Å². The van der Waals surface area contributed by atoms with Crippen molar-refractivity contribution in [3.05, 3.63) is 62.1 Å². The van der Waals surface area contributed by atoms with E-state index in [0.717, 1.165) is 31.5 Å². The van der Waals surface area contributed by atoms with Gasteiger partial charge in [-0.2, -0.15) is 0 Å². The Morgan fingerprint density at radius 1 is 1.24 bits per heavy atom. The van der Waals surface area contributed by atoms with Crippen LogP contribution in [0.25, 0.3) is 10.8 Å². The molecule has 0 atom stereocenters. The summed E-state index contributed by atoms with van der Waals surface area (Å²) in [4.78, 5) is 15.3. The van der Waals surface area contributed by atoms with Crippen LogP contribution in [-0.4, -0.2) is 9.91 Å². The second kappa shape index (κ2) is 5.79. The fraction of sp³-hybridized carbons (Fsp3) is 0.0714. The second-order valence-corrected chi connectivity index (χ2v) is 6.24. The molecule has 1 aromatic carbocycles. The minimum Gasteiger partial charge on any atom is -0.471 e. The lowest BCUT2D eigenvalue weighted by Crippen LogP contribution is -1.96. The third kappa shape index (κ3) is 2.88. The van der Waals surface area contributed by atoms with Gasteiger partial charge in [-0.15, -0.1) is 0 Å². The topological polar surface area (TPSA) is 65.3 Å². The molecular weight excluding hydrogens is 356 g/mol. The number of fused-ring (bicyclic) bond motifs is 1. The van der Waals surface area contributed by atoms with E-state index in [0.29, 0.717) is 5.88 Å². The van der Waals surface area contributed by atoms with E-state index in [1.807, 2.05) is 24.3 Å². The predicted octanol–water partition coefficient (Wildman–Crippen LogP) is 4.55. The standard InChI is InChI=1S/C14H9BrN2O3S/c15-12-3-1-2-11-10(12)6-7-16-14(11)20-8-9-4-5-13(21-9)17(18)19/h1-7H,8H2. The van der Waals surface area contributed by atoms with Gasteiger partial charge in [-0.3, -0.25) is 10.1 Å². The Bertz CT molecular complexity index is 819. The molecule has 0 aliphatic rings. The van der Waals surface area contributed by atoms with Crippen molar-refractivity contribution < 1.29 is 9.66 Å². The van der Waals surface area contributed by atoms with E-state index in [9.17, 15) is 10.1 Å². The van der Waals surface area contributed by atoms with Crippen molar-refractivity contribution in [3.8, 4) is 5.88 Å². The zero-order chi connectivity index (χ0) is 14.8. The number of thiophene rings is 1. The average molecular weight is 365 g/mol. The van der Waals surface area contributed by atoms with Crippen LogP contribution in [0.1, 0.15) is 4.88 Å². The van der Waals surface area contributed by atoms with E-state index in [4.69, 9.17) is 4.74 Å². The summed E-state index contributed by atoms with van der Waals surface area (Å²) in [5, 5.41) is 12.7. The highest BCUT2D eigenvalue weighted by molar-refractivity contribution is 9.10. The van der Waals surface area contributed by atoms with E-state index >= 15 is 0 Å². The first kappa shape index (κ1) is 14.0. The SMILES string of the molecule is O=[N+]([O-])c1ccc(COc2nccc3c(Br)cccc23)s1. The summed E-state index contributed by atoms with van der Waals surface area (Å²) in [6.07, 6.45) is 1.68. The largest absolute Gasteiger partial charge is 0.471 e. The van der Waals surface area contributed by atoms with Crippen LogP contribution in [0.5, 0.6) is 5.88 Å². The van der Waals surface area contributed by atoms with Gasteiger partial charge in [0.15, 0.2) is 0 Å². The minimum absolute atomic E-state index is 0.113. The Kier molecular flexibility index (Phi) is 3.85. The molecule has 2 aromatic heterocycles. The molecule has 0 aliphatic heterocycles. The van der Waals surface area contributed by atoms with Crippen molar-refractivity contribution in [1.82, 2.24) is 4.98 Å². The number of hydrogen-bond acceptors (Lipinski definition) is 5. The first-order valence-corrected chi connectivity index (χ1v) is 7.65. The lowest BCUT2D eigenvalue weighted by Gasteiger charge is -2.07. The van der Waals surface area contributed by atoms with Crippen LogP contribution in [0.2, 0.25) is 0 Å². The van der Waals surface area contributed by atoms with E-state index in [2.05, 4.69) is 20.9 Å². The van der Waals surface area contributed by atoms with Crippen molar-refractivity contribution in [2.75, 3.05) is 0 Å². The quantitative estimate of drug-likeness (QED) is 0.503. The molecule has 0 saturated heterocycles. The number of halogens is 1. The van der Waals surface area contributed by atoms with Gasteiger partial charge < -0.3 is 4.74 Å². The maximum atomic E-state index is 10.7. The molecule has 3 aromatic rings. The monoisotopic (exact) mass is 364 g/mol. The zero-order valence-corrected chi connectivity index (χ0v) is 13.1. The van der Waals surface area contributed by atoms with Crippen LogP contribution in [-0.2, 0) is 6.61 Å². The molecule has 0 unspecified atom stereocenters. The number of nitro groups is 1. The Balaban J connectivity index is 1.85. The summed E-state index contributed by atoms with van der Waals surface area (Å²) in [5.41, 5.74) is 0. The van der Waals surface area contributed by atoms with Crippen molar-refractivity contribution in [3.63, 3.8) is 0 Å². The van der Waals surface area contributed by atoms with Gasteiger partial charge in [0.25, 0.3) is 0 Å². The summed E-state index contributed by atoms with van der Waals surface area (Å²) < 4.78 is 6.68. The number of hydrogen-bond donors (Lipinski definition) is 0. The fourth-order valence-corrected chi connectivity index (χ4v) is 3.17. The van der Waals surface area contributed by atoms with Crippen molar-refractivity contribution in [2.45, 2.75) is 6.61 Å². The van der Waals surface area contributed by atoms with Crippen molar-refractivity contribution in [2.24, 2.45) is 0 Å². The fourth-order valence-electron chi connectivity index (χ4n) is 1.94. The van der Waals surface area contributed by atoms with Gasteiger partial charge in [0, 0.05) is 32.4 Å². The molecule has 2 heterocycles. The molecule has 0 saturated carbocycles. The molecule has 7 heteroatoms. The molecule has 0 fully saturated rings. The van der Waals surface area contributed by atoms with Crippen molar-refractivity contribution in [1.29, 1.82) is 0 Å². The van der Waals surface area contributed by atoms with Crippen molar-refractivity contribution >= 4 is 43.0 Å². The normalized spacial score (nSPS) is 10.7. The molecular formula is C14H9BrN2O3S. The minimum atomic E-state index is -0.401. The third-order valence-corrected chi connectivity index (χ3v) is 4.60. The van der Waals surface area contributed by atoms with Crippen LogP contribution in [0.15, 0.2) is 47.1 Å². The molecule has 0 bridgehead atoms. The van der Waals surface area contributed by atoms with E-state index < -0.39 is 4.92 Å². The van der Waals surface area contributed by atoms with Gasteiger partial charge in [0.1, 0.15) is 6.61 Å². The highest BCUT2D eigenvalue weighted by atomic mass is 79.9. The van der Waals surface area contributed by atoms with Crippen LogP contribution in [0.3, 0.4) is 0 Å². The van der Waals surface area contributed by atoms with Gasteiger partial charge in [-0.1, -0.05) is 33.3 Å². The highest BCUT2D eigenvalue weighted by Gasteiger charge is 2.11. The van der Waals surface area contributed by atoms with Crippen LogP contribution in [0.4, 0.5) is 5.00 Å². The van der Waals surface area contributed by atoms with E-state index in [-0.39, 0.29) is 11.6 Å². The summed E-state index contributed by atoms with van der Waals surface area (Å²) in [7, 11) is 0. The Morgan fingerprint density at radius 3 is 2.86 bits per heavy atom. The number of benzene rings is 1. The summed E-state index contributed by atoms with van der Waals surface area (Å²) >= 11 is 4.60. The molecule has 0 amide bonds. The Hall–Kier alpha value is -1.99. The van der Waals surface area contributed by atoms with Gasteiger partial charge >= 0.3 is 5.00 Å². The van der Waals surface area contributed by atoms with Gasteiger partial charge in [-0.05, 0) is 24.3 Å². The Labute approximate surface area is 132 Å². The van der Waals surface area contributed by atoms with Crippen LogP contribution < -0.4 is 4.74 Å². The van der Waals surface area contributed by atoms with Crippen LogP contribution in [0, 0.1) is 10.1 Å². The average Bonchev–Trinajstić information content (AvgIpc) is 2.95. The highest BCUT2D eigenvalue weighted by Crippen LogP contribution is 2.30. The summed E-state index contributed by atoms with van der Waals surface area (Å²) in [5.74, 6) is 0.518. The molecule has 5 nitrogen and oxygen atoms in total.